The summed E-state index contributed by atoms with van der Waals surface area (Å²) < 4.78 is 0. The molecule has 0 aliphatic carbocycles. The molecule has 0 aromatic heterocycles. The highest BCUT2D eigenvalue weighted by Crippen LogP contribution is 2.24. The fourth-order valence-electron chi connectivity index (χ4n) is 1.64. The van der Waals surface area contributed by atoms with Gasteiger partial charge in [0.1, 0.15) is 0 Å². The van der Waals surface area contributed by atoms with Crippen molar-refractivity contribution in [3.8, 4) is 0 Å². The summed E-state index contributed by atoms with van der Waals surface area (Å²) in [4.78, 5) is 11.6. The number of nitrogens with one attached hydrogen (secondary N) is 2. The molecule has 6 heteroatoms. The molecule has 0 saturated heterocycles. The average molecular weight is 333 g/mol. The summed E-state index contributed by atoms with van der Waals surface area (Å²) in [6, 6.07) is 5.07. The quantitative estimate of drug-likeness (QED) is 0.582. The molecule has 0 aliphatic rings. The van der Waals surface area contributed by atoms with Gasteiger partial charge < -0.3 is 10.6 Å². The second-order valence-electron chi connectivity index (χ2n) is 4.44. The van der Waals surface area contributed by atoms with Gasteiger partial charge in [-0.1, -0.05) is 49.4 Å². The van der Waals surface area contributed by atoms with Crippen molar-refractivity contribution in [3.05, 3.63) is 28.2 Å². The zero-order chi connectivity index (χ0) is 15.0. The minimum absolute atomic E-state index is 0.0707. The van der Waals surface area contributed by atoms with Crippen molar-refractivity contribution < 1.29 is 4.79 Å². The van der Waals surface area contributed by atoms with Crippen molar-refractivity contribution in [3.63, 3.8) is 0 Å². The van der Waals surface area contributed by atoms with Crippen LogP contribution in [0.2, 0.25) is 10.0 Å². The van der Waals surface area contributed by atoms with Crippen LogP contribution in [0.5, 0.6) is 0 Å². The molecule has 0 heterocycles. The molecule has 1 amide bonds. The lowest BCUT2D eigenvalue weighted by Crippen LogP contribution is -2.33. The van der Waals surface area contributed by atoms with Gasteiger partial charge in [-0.2, -0.15) is 0 Å². The average Bonchev–Trinajstić information content (AvgIpc) is 2.39. The fraction of sp³-hybridized carbons (Fsp3) is 0.429. The second-order valence-corrected chi connectivity index (χ2v) is 5.66. The number of carbonyl (C=O) groups is 1. The van der Waals surface area contributed by atoms with Crippen LogP contribution in [0.25, 0.3) is 0 Å². The third kappa shape index (κ3) is 6.55. The maximum atomic E-state index is 11.6. The molecule has 0 saturated carbocycles. The highest BCUT2D eigenvalue weighted by Gasteiger charge is 2.05. The Bertz CT molecular complexity index is 480. The number of hydrogen-bond acceptors (Lipinski definition) is 2. The molecule has 3 nitrogen and oxygen atoms in total. The van der Waals surface area contributed by atoms with E-state index in [9.17, 15) is 4.79 Å². The minimum atomic E-state index is -0.0707. The Balaban J connectivity index is 2.35. The maximum absolute atomic E-state index is 11.6. The number of halogens is 2. The van der Waals surface area contributed by atoms with Gasteiger partial charge in [-0.05, 0) is 36.8 Å². The van der Waals surface area contributed by atoms with Crippen LogP contribution in [0.3, 0.4) is 0 Å². The molecule has 1 aromatic rings. The third-order valence-electron chi connectivity index (χ3n) is 2.69. The standard InChI is InChI=1S/C14H18Cl2N2OS/c1-2-3-4-5-6-13(19)18-14(20)17-10-7-8-11(15)12(16)9-10/h7-9H,2-6H2,1H3,(H2,17,18,19,20). The van der Waals surface area contributed by atoms with Crippen molar-refractivity contribution in [2.45, 2.75) is 39.0 Å². The molecule has 0 atom stereocenters. The normalized spacial score (nSPS) is 10.2. The SMILES string of the molecule is CCCCCCC(=O)NC(=S)Nc1ccc(Cl)c(Cl)c1. The summed E-state index contributed by atoms with van der Waals surface area (Å²) in [7, 11) is 0. The van der Waals surface area contributed by atoms with Crippen LogP contribution < -0.4 is 10.6 Å². The third-order valence-corrected chi connectivity index (χ3v) is 3.63. The smallest absolute Gasteiger partial charge is 0.226 e. The number of anilines is 1. The predicted octanol–water partition coefficient (Wildman–Crippen LogP) is 4.78. The van der Waals surface area contributed by atoms with Gasteiger partial charge in [0.25, 0.3) is 0 Å². The van der Waals surface area contributed by atoms with Crippen molar-refractivity contribution in [1.29, 1.82) is 0 Å². The Labute approximate surface area is 135 Å². The summed E-state index contributed by atoms with van der Waals surface area (Å²) in [6.07, 6.45) is 4.74. The molecule has 0 fully saturated rings. The number of thiocarbonyl (C=S) groups is 1. The van der Waals surface area contributed by atoms with Crippen LogP contribution in [0, 0.1) is 0 Å². The van der Waals surface area contributed by atoms with E-state index in [1.807, 2.05) is 0 Å². The Morgan fingerprint density at radius 3 is 2.60 bits per heavy atom. The van der Waals surface area contributed by atoms with Crippen LogP contribution >= 0.6 is 35.4 Å². The molecule has 0 spiro atoms. The van der Waals surface area contributed by atoms with Gasteiger partial charge in [0, 0.05) is 12.1 Å². The Morgan fingerprint density at radius 1 is 1.20 bits per heavy atom. The van der Waals surface area contributed by atoms with Crippen molar-refractivity contribution in [2.75, 3.05) is 5.32 Å². The number of benzene rings is 1. The lowest BCUT2D eigenvalue weighted by atomic mass is 10.1. The Morgan fingerprint density at radius 2 is 1.95 bits per heavy atom. The van der Waals surface area contributed by atoms with Crippen LogP contribution in [-0.2, 0) is 4.79 Å². The molecule has 0 radical (unpaired) electrons. The minimum Gasteiger partial charge on any atom is -0.332 e. The molecule has 1 rings (SSSR count). The highest BCUT2D eigenvalue weighted by atomic mass is 35.5. The van der Waals surface area contributed by atoms with E-state index < -0.39 is 0 Å². The molecule has 0 bridgehead atoms. The largest absolute Gasteiger partial charge is 0.332 e. The fourth-order valence-corrected chi connectivity index (χ4v) is 2.17. The first-order valence-corrected chi connectivity index (χ1v) is 7.75. The van der Waals surface area contributed by atoms with E-state index in [1.165, 1.54) is 0 Å². The molecule has 0 unspecified atom stereocenters. The first-order valence-electron chi connectivity index (χ1n) is 6.58. The van der Waals surface area contributed by atoms with E-state index in [0.717, 1.165) is 25.7 Å². The summed E-state index contributed by atoms with van der Waals surface area (Å²) in [5.41, 5.74) is 0.690. The highest BCUT2D eigenvalue weighted by molar-refractivity contribution is 7.80. The van der Waals surface area contributed by atoms with Gasteiger partial charge in [0.2, 0.25) is 5.91 Å². The molecular weight excluding hydrogens is 315 g/mol. The second kappa shape index (κ2) is 9.16. The monoisotopic (exact) mass is 332 g/mol. The first-order chi connectivity index (χ1) is 9.52. The lowest BCUT2D eigenvalue weighted by molar-refractivity contribution is -0.119. The zero-order valence-electron chi connectivity index (χ0n) is 11.3. The first kappa shape index (κ1) is 17.2. The molecule has 110 valence electrons. The number of hydrogen-bond donors (Lipinski definition) is 2. The number of amides is 1. The summed E-state index contributed by atoms with van der Waals surface area (Å²) in [6.45, 7) is 2.14. The van der Waals surface area contributed by atoms with E-state index >= 15 is 0 Å². The van der Waals surface area contributed by atoms with Crippen LogP contribution in [-0.4, -0.2) is 11.0 Å². The van der Waals surface area contributed by atoms with Crippen molar-refractivity contribution in [1.82, 2.24) is 5.32 Å². The van der Waals surface area contributed by atoms with E-state index in [1.54, 1.807) is 18.2 Å². The topological polar surface area (TPSA) is 41.1 Å². The number of unbranched alkanes of at least 4 members (excludes halogenated alkanes) is 3. The molecule has 1 aromatic carbocycles. The van der Waals surface area contributed by atoms with E-state index in [4.69, 9.17) is 35.4 Å². The summed E-state index contributed by atoms with van der Waals surface area (Å²) in [5.74, 6) is -0.0707. The maximum Gasteiger partial charge on any atom is 0.226 e. The summed E-state index contributed by atoms with van der Waals surface area (Å²) >= 11 is 16.8. The van der Waals surface area contributed by atoms with Crippen molar-refractivity contribution in [2.24, 2.45) is 0 Å². The van der Waals surface area contributed by atoms with Crippen molar-refractivity contribution >= 4 is 52.1 Å². The zero-order valence-corrected chi connectivity index (χ0v) is 13.7. The van der Waals surface area contributed by atoms with Gasteiger partial charge in [-0.25, -0.2) is 0 Å². The summed E-state index contributed by atoms with van der Waals surface area (Å²) in [5, 5.41) is 6.72. The number of carbonyl (C=O) groups excluding carboxylic acids is 1. The van der Waals surface area contributed by atoms with Gasteiger partial charge in [-0.3, -0.25) is 4.79 Å². The predicted molar refractivity (Wildman–Crippen MR) is 89.6 cm³/mol. The molecule has 2 N–H and O–H groups in total. The van der Waals surface area contributed by atoms with Crippen LogP contribution in [0.1, 0.15) is 39.0 Å². The van der Waals surface area contributed by atoms with Gasteiger partial charge in [-0.15, -0.1) is 0 Å². The Hall–Kier alpha value is -0.840. The Kier molecular flexibility index (Phi) is 7.88. The van der Waals surface area contributed by atoms with Crippen LogP contribution in [0.15, 0.2) is 18.2 Å². The van der Waals surface area contributed by atoms with E-state index in [0.29, 0.717) is 22.2 Å². The lowest BCUT2D eigenvalue weighted by Gasteiger charge is -2.10. The molecular formula is C14H18Cl2N2OS. The van der Waals surface area contributed by atoms with E-state index in [-0.39, 0.29) is 11.0 Å². The molecule has 20 heavy (non-hydrogen) atoms. The van der Waals surface area contributed by atoms with Gasteiger partial charge >= 0.3 is 0 Å². The molecule has 0 aliphatic heterocycles. The van der Waals surface area contributed by atoms with Crippen LogP contribution in [0.4, 0.5) is 5.69 Å². The van der Waals surface area contributed by atoms with Gasteiger partial charge in [0.05, 0.1) is 10.0 Å². The number of rotatable bonds is 6. The van der Waals surface area contributed by atoms with Gasteiger partial charge in [0.15, 0.2) is 5.11 Å². The van der Waals surface area contributed by atoms with E-state index in [2.05, 4.69) is 17.6 Å².